The molecule has 4 saturated heterocycles. The molecule has 6 rings (SSSR count). The van der Waals surface area contributed by atoms with Crippen LogP contribution in [0.15, 0.2) is 24.5 Å². The minimum atomic E-state index is 0.376. The zero-order valence-corrected chi connectivity index (χ0v) is 19.2. The molecule has 4 atom stereocenters. The highest BCUT2D eigenvalue weighted by atomic mass is 35.5. The minimum Gasteiger partial charge on any atom is -0.368 e. The van der Waals surface area contributed by atoms with E-state index in [1.165, 1.54) is 0 Å². The summed E-state index contributed by atoms with van der Waals surface area (Å²) in [6, 6.07) is 5.09. The monoisotopic (exact) mass is 486 g/mol. The van der Waals surface area contributed by atoms with Gasteiger partial charge in [-0.2, -0.15) is 0 Å². The Bertz CT molecular complexity index is 844. The molecule has 2 aromatic rings. The predicted octanol–water partition coefficient (Wildman–Crippen LogP) is 3.59. The summed E-state index contributed by atoms with van der Waals surface area (Å²) in [5, 5.41) is 8.63. The predicted molar refractivity (Wildman–Crippen MR) is 124 cm³/mol. The summed E-state index contributed by atoms with van der Waals surface area (Å²) in [7, 11) is 0. The van der Waals surface area contributed by atoms with Gasteiger partial charge in [-0.15, -0.1) is 0 Å². The summed E-state index contributed by atoms with van der Waals surface area (Å²) in [6.07, 6.45) is 3.58. The molecule has 4 aliphatic rings. The van der Waals surface area contributed by atoms with Gasteiger partial charge < -0.3 is 20.4 Å². The summed E-state index contributed by atoms with van der Waals surface area (Å²) in [5.74, 6) is 1.58. The number of halogens is 4. The molecule has 0 aromatic carbocycles. The van der Waals surface area contributed by atoms with E-state index in [1.807, 2.05) is 12.1 Å². The Kier molecular flexibility index (Phi) is 5.90. The maximum absolute atomic E-state index is 5.94. The van der Waals surface area contributed by atoms with Gasteiger partial charge in [0.05, 0.1) is 33.8 Å². The lowest BCUT2D eigenvalue weighted by Crippen LogP contribution is -2.51. The highest BCUT2D eigenvalue weighted by Crippen LogP contribution is 2.32. The van der Waals surface area contributed by atoms with Crippen molar-refractivity contribution < 1.29 is 0 Å². The molecular weight excluding hydrogens is 466 g/mol. The molecule has 0 bridgehead atoms. The second-order valence-corrected chi connectivity index (χ2v) is 9.82. The largest absolute Gasteiger partial charge is 0.368 e. The van der Waals surface area contributed by atoms with Crippen LogP contribution in [0.5, 0.6) is 0 Å². The maximum Gasteiger partial charge on any atom is 0.147 e. The normalized spacial score (nSPS) is 28.8. The lowest BCUT2D eigenvalue weighted by Gasteiger charge is -2.29. The third-order valence-corrected chi connectivity index (χ3v) is 7.83. The molecule has 160 valence electrons. The average Bonchev–Trinajstić information content (AvgIpc) is 3.16. The van der Waals surface area contributed by atoms with Gasteiger partial charge in [0.1, 0.15) is 10.3 Å². The Hall–Kier alpha value is -1.02. The molecule has 0 unspecified atom stereocenters. The van der Waals surface area contributed by atoms with Gasteiger partial charge in [-0.3, -0.25) is 0 Å². The van der Waals surface area contributed by atoms with E-state index in [9.17, 15) is 0 Å². The van der Waals surface area contributed by atoms with Crippen molar-refractivity contribution in [1.82, 2.24) is 20.6 Å². The highest BCUT2D eigenvalue weighted by Gasteiger charge is 2.40. The maximum atomic E-state index is 5.94. The fourth-order valence-corrected chi connectivity index (χ4v) is 5.02. The standard InChI is InChI=1S/2C10H11Cl2N3/c2*11-8-1-7(3-14-10(8)12)15-4-6-2-13-9(6)5-15/h2*1,3,6,9,13H,2,4-5H2/t2*6-,9+/m00/s1. The topological polar surface area (TPSA) is 56.3 Å². The molecule has 30 heavy (non-hydrogen) atoms. The number of hydrogen-bond donors (Lipinski definition) is 2. The van der Waals surface area contributed by atoms with E-state index in [2.05, 4.69) is 30.4 Å². The fraction of sp³-hybridized carbons (Fsp3) is 0.500. The SMILES string of the molecule is Clc1cc(N2C[C@@H]3CN[C@@H]3C2)cnc1Cl.Clc1cc(N2C[C@@H]3CN[C@@H]3C2)cnc1Cl. The van der Waals surface area contributed by atoms with Crippen LogP contribution in [0.4, 0.5) is 11.4 Å². The van der Waals surface area contributed by atoms with Gasteiger partial charge >= 0.3 is 0 Å². The van der Waals surface area contributed by atoms with Gasteiger partial charge in [0.2, 0.25) is 0 Å². The highest BCUT2D eigenvalue weighted by molar-refractivity contribution is 6.41. The first-order valence-corrected chi connectivity index (χ1v) is 11.6. The smallest absolute Gasteiger partial charge is 0.147 e. The van der Waals surface area contributed by atoms with E-state index in [0.29, 0.717) is 32.4 Å². The third kappa shape index (κ3) is 4.06. The van der Waals surface area contributed by atoms with Crippen LogP contribution in [-0.4, -0.2) is 61.3 Å². The first-order chi connectivity index (χ1) is 14.5. The first-order valence-electron chi connectivity index (χ1n) is 10.1. The van der Waals surface area contributed by atoms with Crippen LogP contribution in [-0.2, 0) is 0 Å². The number of rotatable bonds is 2. The zero-order valence-electron chi connectivity index (χ0n) is 16.2. The summed E-state index contributed by atoms with van der Waals surface area (Å²) < 4.78 is 0. The molecule has 0 aliphatic carbocycles. The van der Waals surface area contributed by atoms with E-state index in [0.717, 1.165) is 62.5 Å². The number of anilines is 2. The third-order valence-electron chi connectivity index (χ3n) is 6.46. The van der Waals surface area contributed by atoms with Crippen molar-refractivity contribution in [3.63, 3.8) is 0 Å². The van der Waals surface area contributed by atoms with Crippen LogP contribution in [0.2, 0.25) is 20.4 Å². The van der Waals surface area contributed by atoms with Gasteiger partial charge in [0.15, 0.2) is 0 Å². The lowest BCUT2D eigenvalue weighted by atomic mass is 9.96. The molecule has 4 aliphatic heterocycles. The lowest BCUT2D eigenvalue weighted by molar-refractivity contribution is 0.297. The Morgan fingerprint density at radius 2 is 1.13 bits per heavy atom. The Labute approximate surface area is 195 Å². The molecule has 0 saturated carbocycles. The van der Waals surface area contributed by atoms with Crippen LogP contribution in [0.1, 0.15) is 0 Å². The molecule has 4 fully saturated rings. The van der Waals surface area contributed by atoms with Gasteiger partial charge in [0, 0.05) is 63.2 Å². The Morgan fingerprint density at radius 3 is 1.40 bits per heavy atom. The van der Waals surface area contributed by atoms with Crippen molar-refractivity contribution in [2.45, 2.75) is 12.1 Å². The quantitative estimate of drug-likeness (QED) is 0.631. The Morgan fingerprint density at radius 1 is 0.700 bits per heavy atom. The number of pyridine rings is 2. The van der Waals surface area contributed by atoms with Crippen molar-refractivity contribution in [2.75, 3.05) is 49.1 Å². The van der Waals surface area contributed by atoms with Crippen LogP contribution in [0.3, 0.4) is 0 Å². The van der Waals surface area contributed by atoms with Gasteiger partial charge in [-0.05, 0) is 12.1 Å². The van der Waals surface area contributed by atoms with Crippen LogP contribution in [0.25, 0.3) is 0 Å². The zero-order chi connectivity index (χ0) is 20.8. The molecule has 0 radical (unpaired) electrons. The van der Waals surface area contributed by atoms with E-state index >= 15 is 0 Å². The summed E-state index contributed by atoms with van der Waals surface area (Å²) in [4.78, 5) is 12.8. The molecule has 0 amide bonds. The van der Waals surface area contributed by atoms with Crippen LogP contribution < -0.4 is 20.4 Å². The van der Waals surface area contributed by atoms with E-state index in [4.69, 9.17) is 46.4 Å². The van der Waals surface area contributed by atoms with Gasteiger partial charge in [-0.25, -0.2) is 9.97 Å². The second-order valence-electron chi connectivity index (χ2n) is 8.29. The van der Waals surface area contributed by atoms with Gasteiger partial charge in [-0.1, -0.05) is 46.4 Å². The van der Waals surface area contributed by atoms with Crippen molar-refractivity contribution in [2.24, 2.45) is 11.8 Å². The molecule has 10 heteroatoms. The first kappa shape index (κ1) is 20.9. The number of nitrogens with one attached hydrogen (secondary N) is 2. The van der Waals surface area contributed by atoms with Crippen molar-refractivity contribution in [3.05, 3.63) is 44.9 Å². The van der Waals surface area contributed by atoms with Crippen molar-refractivity contribution in [1.29, 1.82) is 0 Å². The van der Waals surface area contributed by atoms with Crippen LogP contribution >= 0.6 is 46.4 Å². The van der Waals surface area contributed by atoms with Crippen molar-refractivity contribution >= 4 is 57.8 Å². The van der Waals surface area contributed by atoms with E-state index < -0.39 is 0 Å². The number of hydrogen-bond acceptors (Lipinski definition) is 6. The minimum absolute atomic E-state index is 0.376. The van der Waals surface area contributed by atoms with E-state index in [-0.39, 0.29) is 0 Å². The van der Waals surface area contributed by atoms with E-state index in [1.54, 1.807) is 12.4 Å². The number of aromatic nitrogens is 2. The fourth-order valence-electron chi connectivity index (χ4n) is 4.49. The molecule has 2 aromatic heterocycles. The Balaban J connectivity index is 0.000000128. The number of nitrogens with zero attached hydrogens (tertiary/aromatic N) is 4. The molecule has 6 nitrogen and oxygen atoms in total. The summed E-state index contributed by atoms with van der Waals surface area (Å²) >= 11 is 23.5. The van der Waals surface area contributed by atoms with Crippen LogP contribution in [0, 0.1) is 11.8 Å². The van der Waals surface area contributed by atoms with Gasteiger partial charge in [0.25, 0.3) is 0 Å². The molecular formula is C20H22Cl4N6. The molecule has 0 spiro atoms. The second kappa shape index (κ2) is 8.49. The summed E-state index contributed by atoms with van der Waals surface area (Å²) in [6.45, 7) is 6.55. The molecule has 6 heterocycles. The van der Waals surface area contributed by atoms with Crippen molar-refractivity contribution in [3.8, 4) is 0 Å². The average molecular weight is 488 g/mol. The number of fused-ring (bicyclic) bond motifs is 2. The molecule has 2 N–H and O–H groups in total. The summed E-state index contributed by atoms with van der Waals surface area (Å²) in [5.41, 5.74) is 2.14.